The molecule has 0 radical (unpaired) electrons. The number of fused-ring (bicyclic) bond motifs is 1. The summed E-state index contributed by atoms with van der Waals surface area (Å²) in [6.07, 6.45) is 1.89. The van der Waals surface area contributed by atoms with E-state index in [0.29, 0.717) is 33.8 Å². The van der Waals surface area contributed by atoms with Gasteiger partial charge in [-0.15, -0.1) is 0 Å². The van der Waals surface area contributed by atoms with Gasteiger partial charge in [-0.25, -0.2) is 0 Å². The highest BCUT2D eigenvalue weighted by Gasteiger charge is 2.26. The predicted molar refractivity (Wildman–Crippen MR) is 117 cm³/mol. The van der Waals surface area contributed by atoms with Crippen LogP contribution in [0, 0.1) is 18.6 Å². The van der Waals surface area contributed by atoms with Gasteiger partial charge in [-0.1, -0.05) is 0 Å². The molecule has 1 amide bonds. The fourth-order valence-corrected chi connectivity index (χ4v) is 4.76. The average Bonchev–Trinajstić information content (AvgIpc) is 3.05. The molecule has 1 fully saturated rings. The van der Waals surface area contributed by atoms with Crippen LogP contribution in [0.4, 0.5) is 0 Å². The van der Waals surface area contributed by atoms with Crippen molar-refractivity contribution in [1.82, 2.24) is 19.0 Å². The first-order valence-corrected chi connectivity index (χ1v) is 10.5. The number of carbonyl (C=O) groups is 1. The second-order valence-corrected chi connectivity index (χ2v) is 8.14. The van der Waals surface area contributed by atoms with Crippen LogP contribution >= 0.6 is 12.2 Å². The molecule has 1 aliphatic heterocycles. The number of H-pyrrole nitrogens is 1. The Morgan fingerprint density at radius 3 is 2.41 bits per heavy atom. The Hall–Kier alpha value is -2.67. The molecular formula is C22H26N4O2S. The third-order valence-electron chi connectivity index (χ3n) is 5.99. The zero-order valence-electron chi connectivity index (χ0n) is 17.1. The maximum Gasteiger partial charge on any atom is 0.262 e. The van der Waals surface area contributed by atoms with Gasteiger partial charge in [0.05, 0.1) is 10.9 Å². The van der Waals surface area contributed by atoms with Crippen molar-refractivity contribution in [3.05, 3.63) is 62.4 Å². The lowest BCUT2D eigenvalue weighted by molar-refractivity contribution is 0.0694. The third kappa shape index (κ3) is 3.44. The monoisotopic (exact) mass is 410 g/mol. The second-order valence-electron chi connectivity index (χ2n) is 7.75. The molecule has 0 atom stereocenters. The van der Waals surface area contributed by atoms with E-state index in [9.17, 15) is 9.59 Å². The quantitative estimate of drug-likeness (QED) is 0.665. The highest BCUT2D eigenvalue weighted by atomic mass is 32.1. The summed E-state index contributed by atoms with van der Waals surface area (Å²) in [4.78, 5) is 30.6. The first kappa shape index (κ1) is 19.6. The van der Waals surface area contributed by atoms with Gasteiger partial charge in [0.25, 0.3) is 11.5 Å². The average molecular weight is 411 g/mol. The zero-order valence-corrected chi connectivity index (χ0v) is 17.9. The standard InChI is InChI=1S/C22H26N4O2S/c1-4-25-21(28)18-8-7-16(13-19(18)23-22(25)29)20(27)24-11-9-17(10-12-24)26-14(2)5-6-15(26)3/h5-8,13,17H,4,9-12H2,1-3H3,(H,23,29). The van der Waals surface area contributed by atoms with Crippen LogP contribution in [0.15, 0.2) is 35.1 Å². The van der Waals surface area contributed by atoms with E-state index < -0.39 is 0 Å². The fourth-order valence-electron chi connectivity index (χ4n) is 4.44. The summed E-state index contributed by atoms with van der Waals surface area (Å²) in [5.74, 6) is 0.00490. The number of hydrogen-bond donors (Lipinski definition) is 1. The topological polar surface area (TPSA) is 63.0 Å². The van der Waals surface area contributed by atoms with E-state index in [-0.39, 0.29) is 11.5 Å². The number of nitrogens with one attached hydrogen (secondary N) is 1. The molecule has 0 bridgehead atoms. The number of aromatic amines is 1. The summed E-state index contributed by atoms with van der Waals surface area (Å²) in [5, 5.41) is 0.550. The van der Waals surface area contributed by atoms with Crippen LogP contribution in [-0.4, -0.2) is 38.0 Å². The van der Waals surface area contributed by atoms with Crippen LogP contribution in [0.5, 0.6) is 0 Å². The molecule has 6 nitrogen and oxygen atoms in total. The molecule has 2 aromatic heterocycles. The number of aromatic nitrogens is 3. The Morgan fingerprint density at radius 1 is 1.14 bits per heavy atom. The van der Waals surface area contributed by atoms with Gasteiger partial charge < -0.3 is 14.5 Å². The smallest absolute Gasteiger partial charge is 0.262 e. The van der Waals surface area contributed by atoms with Gasteiger partial charge in [0, 0.05) is 42.6 Å². The summed E-state index contributed by atoms with van der Waals surface area (Å²) in [7, 11) is 0. The van der Waals surface area contributed by atoms with Crippen molar-refractivity contribution in [3.63, 3.8) is 0 Å². The number of nitrogens with zero attached hydrogens (tertiary/aromatic N) is 3. The van der Waals surface area contributed by atoms with Gasteiger partial charge >= 0.3 is 0 Å². The summed E-state index contributed by atoms with van der Waals surface area (Å²) < 4.78 is 4.29. The van der Waals surface area contributed by atoms with Crippen molar-refractivity contribution in [2.45, 2.75) is 46.2 Å². The SMILES string of the molecule is CCn1c(=S)[nH]c2cc(C(=O)N3CCC(n4c(C)ccc4C)CC3)ccc2c1=O. The number of hydrogen-bond acceptors (Lipinski definition) is 3. The third-order valence-corrected chi connectivity index (χ3v) is 6.31. The molecule has 0 spiro atoms. The Labute approximate surface area is 174 Å². The number of piperidine rings is 1. The van der Waals surface area contributed by atoms with E-state index in [4.69, 9.17) is 12.2 Å². The van der Waals surface area contributed by atoms with Gasteiger partial charge in [-0.05, 0) is 76.2 Å². The molecule has 0 aliphatic carbocycles. The van der Waals surface area contributed by atoms with E-state index in [1.54, 1.807) is 18.2 Å². The molecule has 29 heavy (non-hydrogen) atoms. The number of likely N-dealkylation sites (tertiary alicyclic amines) is 1. The largest absolute Gasteiger partial charge is 0.346 e. The van der Waals surface area contributed by atoms with E-state index in [2.05, 4.69) is 35.5 Å². The Morgan fingerprint density at radius 2 is 1.79 bits per heavy atom. The summed E-state index contributed by atoms with van der Waals surface area (Å²) in [5.41, 5.74) is 3.63. The number of amides is 1. The van der Waals surface area contributed by atoms with E-state index in [1.807, 2.05) is 11.8 Å². The summed E-state index contributed by atoms with van der Waals surface area (Å²) in [6.45, 7) is 8.12. The van der Waals surface area contributed by atoms with Crippen LogP contribution in [0.3, 0.4) is 0 Å². The fraction of sp³-hybridized carbons (Fsp3) is 0.409. The van der Waals surface area contributed by atoms with E-state index >= 15 is 0 Å². The predicted octanol–water partition coefficient (Wildman–Crippen LogP) is 3.97. The minimum atomic E-state index is -0.122. The maximum atomic E-state index is 13.1. The van der Waals surface area contributed by atoms with Crippen LogP contribution in [0.1, 0.15) is 47.6 Å². The molecule has 7 heteroatoms. The highest BCUT2D eigenvalue weighted by Crippen LogP contribution is 2.27. The molecule has 3 heterocycles. The van der Waals surface area contributed by atoms with Crippen molar-refractivity contribution >= 4 is 29.0 Å². The van der Waals surface area contributed by atoms with Gasteiger partial charge in [0.1, 0.15) is 0 Å². The lowest BCUT2D eigenvalue weighted by atomic mass is 10.0. The van der Waals surface area contributed by atoms with Crippen LogP contribution in [-0.2, 0) is 6.54 Å². The van der Waals surface area contributed by atoms with Crippen molar-refractivity contribution in [2.75, 3.05) is 13.1 Å². The molecule has 0 unspecified atom stereocenters. The zero-order chi connectivity index (χ0) is 20.7. The molecule has 1 saturated heterocycles. The lowest BCUT2D eigenvalue weighted by Gasteiger charge is -2.34. The lowest BCUT2D eigenvalue weighted by Crippen LogP contribution is -2.39. The van der Waals surface area contributed by atoms with Crippen molar-refractivity contribution in [3.8, 4) is 0 Å². The molecule has 3 aromatic rings. The van der Waals surface area contributed by atoms with E-state index in [0.717, 1.165) is 25.9 Å². The van der Waals surface area contributed by atoms with Crippen LogP contribution in [0.2, 0.25) is 0 Å². The summed E-state index contributed by atoms with van der Waals surface area (Å²) >= 11 is 5.28. The minimum Gasteiger partial charge on any atom is -0.346 e. The number of rotatable bonds is 3. The Balaban J connectivity index is 1.55. The molecule has 1 aliphatic rings. The van der Waals surface area contributed by atoms with E-state index in [1.165, 1.54) is 16.0 Å². The number of aryl methyl sites for hydroxylation is 2. The van der Waals surface area contributed by atoms with Gasteiger partial charge in [-0.3, -0.25) is 14.2 Å². The normalized spacial score (nSPS) is 15.2. The summed E-state index contributed by atoms with van der Waals surface area (Å²) in [6, 6.07) is 9.96. The van der Waals surface area contributed by atoms with Crippen LogP contribution in [0.25, 0.3) is 10.9 Å². The Kier molecular flexibility index (Phi) is 5.17. The number of carbonyl (C=O) groups excluding carboxylic acids is 1. The molecule has 152 valence electrons. The minimum absolute atomic E-state index is 0.00490. The molecule has 0 saturated carbocycles. The van der Waals surface area contributed by atoms with Gasteiger partial charge in [0.2, 0.25) is 0 Å². The number of benzene rings is 1. The van der Waals surface area contributed by atoms with Crippen LogP contribution < -0.4 is 5.56 Å². The van der Waals surface area contributed by atoms with Gasteiger partial charge in [-0.2, -0.15) is 0 Å². The first-order valence-electron chi connectivity index (χ1n) is 10.1. The van der Waals surface area contributed by atoms with Crippen molar-refractivity contribution in [1.29, 1.82) is 0 Å². The first-order chi connectivity index (χ1) is 13.9. The molecule has 4 rings (SSSR count). The molecule has 1 N–H and O–H groups in total. The van der Waals surface area contributed by atoms with Crippen molar-refractivity contribution < 1.29 is 4.79 Å². The highest BCUT2D eigenvalue weighted by molar-refractivity contribution is 7.71. The molecule has 1 aromatic carbocycles. The van der Waals surface area contributed by atoms with Crippen molar-refractivity contribution in [2.24, 2.45) is 0 Å². The maximum absolute atomic E-state index is 13.1. The second kappa shape index (κ2) is 7.63. The Bertz CT molecular complexity index is 1180. The van der Waals surface area contributed by atoms with Gasteiger partial charge in [0.15, 0.2) is 4.77 Å². The molecular weight excluding hydrogens is 384 g/mol.